The topological polar surface area (TPSA) is 24.3 Å². The number of fused-ring (bicyclic) bond motifs is 4. The summed E-state index contributed by atoms with van der Waals surface area (Å²) in [4.78, 5) is 11.9. The molecule has 278 valence electrons. The molecule has 0 bridgehead atoms. The molecule has 0 radical (unpaired) electrons. The summed E-state index contributed by atoms with van der Waals surface area (Å²) in [6, 6.07) is 68.4. The minimum atomic E-state index is 0. The van der Waals surface area contributed by atoms with Crippen molar-refractivity contribution in [3.8, 4) is 39.2 Å². The number of para-hydroxylation sites is 3. The first kappa shape index (κ1) is 36.7. The van der Waals surface area contributed by atoms with E-state index in [0.717, 1.165) is 49.9 Å². The van der Waals surface area contributed by atoms with Crippen LogP contribution in [0.4, 0.5) is 17.1 Å². The van der Waals surface area contributed by atoms with Gasteiger partial charge in [0.05, 0.1) is 18.0 Å². The Labute approximate surface area is 352 Å². The van der Waals surface area contributed by atoms with Crippen LogP contribution in [0.5, 0.6) is 0 Å². The van der Waals surface area contributed by atoms with Crippen LogP contribution in [0.25, 0.3) is 61.0 Å². The summed E-state index contributed by atoms with van der Waals surface area (Å²) in [7, 11) is 0. The molecule has 0 aliphatic carbocycles. The third-order valence-corrected chi connectivity index (χ3v) is 11.6. The Balaban J connectivity index is 0.00000422. The number of pyridine rings is 1. The maximum Gasteiger partial charge on any atom is 2.00 e. The second-order valence-corrected chi connectivity index (χ2v) is 15.5. The first-order valence-electron chi connectivity index (χ1n) is 19.1. The zero-order valence-electron chi connectivity index (χ0n) is 31.5. The molecule has 0 saturated carbocycles. The van der Waals surface area contributed by atoms with Crippen molar-refractivity contribution in [3.05, 3.63) is 188 Å². The van der Waals surface area contributed by atoms with Crippen LogP contribution in [0.3, 0.4) is 0 Å². The average molecular weight is 934 g/mol. The second kappa shape index (κ2) is 15.6. The minimum Gasteiger partial charge on any atom is -0.349 e. The largest absolute Gasteiger partial charge is 2.00 e. The van der Waals surface area contributed by atoms with Gasteiger partial charge in [0.15, 0.2) is 0 Å². The van der Waals surface area contributed by atoms with Crippen LogP contribution in [0.2, 0.25) is 0 Å². The van der Waals surface area contributed by atoms with E-state index in [-0.39, 0.29) is 21.1 Å². The molecule has 0 N–H and O–H groups in total. The normalized spacial score (nSPS) is 12.3. The number of nitrogens with zero attached hydrogens (tertiary/aromatic N) is 4. The summed E-state index contributed by atoms with van der Waals surface area (Å²) in [6.45, 7) is 5.30. The smallest absolute Gasteiger partial charge is 0.349 e. The van der Waals surface area contributed by atoms with Crippen molar-refractivity contribution in [1.29, 1.82) is 0 Å². The van der Waals surface area contributed by atoms with E-state index < -0.39 is 0 Å². The van der Waals surface area contributed by atoms with Gasteiger partial charge in [-0.1, -0.05) is 120 Å². The molecule has 0 unspecified atom stereocenters. The summed E-state index contributed by atoms with van der Waals surface area (Å²) in [5, 5.41) is 2.32. The van der Waals surface area contributed by atoms with Gasteiger partial charge in [-0.3, -0.25) is 0 Å². The Bertz CT molecular complexity index is 2810. The fraction of sp³-hybridized carbons (Fsp3) is 0.0784. The number of hydrogen-bond acceptors (Lipinski definition) is 4. The molecule has 7 aromatic carbocycles. The zero-order chi connectivity index (χ0) is 37.6. The van der Waals surface area contributed by atoms with Gasteiger partial charge in [-0.25, -0.2) is 4.98 Å². The van der Waals surface area contributed by atoms with E-state index in [2.05, 4.69) is 210 Å². The van der Waals surface area contributed by atoms with Crippen LogP contribution >= 0.6 is 11.8 Å². The first-order valence-corrected chi connectivity index (χ1v) is 19.9. The van der Waals surface area contributed by atoms with Gasteiger partial charge in [0.25, 0.3) is 0 Å². The molecule has 4 nitrogen and oxygen atoms in total. The molecule has 1 aliphatic heterocycles. The van der Waals surface area contributed by atoms with E-state index in [1.807, 2.05) is 6.20 Å². The standard InChI is InChI=1S/C51H38N4S.Pt/c1-35(2)53-34-54(48-26-12-11-25-47(48)53)39-19-13-20-40(32-39)56-41-27-28-45-44-21-9-10-24-46(44)55(49(45)33-41)50-31-38(29-30-52-50)51-42(36-15-5-3-6-16-36)22-14-23-43(51)37-17-7-4-8-18-37;/h3-31,35H,34H2,1-2H3;/q-2;+2. The van der Waals surface area contributed by atoms with Crippen LogP contribution in [-0.2, 0) is 21.1 Å². The van der Waals surface area contributed by atoms with Crippen LogP contribution < -0.4 is 9.80 Å². The summed E-state index contributed by atoms with van der Waals surface area (Å²) < 4.78 is 2.27. The van der Waals surface area contributed by atoms with E-state index in [1.54, 1.807) is 11.8 Å². The van der Waals surface area contributed by atoms with E-state index in [9.17, 15) is 0 Å². The molecule has 9 aromatic rings. The molecule has 57 heavy (non-hydrogen) atoms. The van der Waals surface area contributed by atoms with E-state index in [1.165, 1.54) is 44.6 Å². The Morgan fingerprint density at radius 2 is 1.23 bits per heavy atom. The summed E-state index contributed by atoms with van der Waals surface area (Å²) in [5.74, 6) is 0.852. The van der Waals surface area contributed by atoms with Gasteiger partial charge in [0.1, 0.15) is 5.82 Å². The van der Waals surface area contributed by atoms with E-state index >= 15 is 0 Å². The van der Waals surface area contributed by atoms with Gasteiger partial charge >= 0.3 is 21.1 Å². The van der Waals surface area contributed by atoms with Gasteiger partial charge in [0.2, 0.25) is 0 Å². The van der Waals surface area contributed by atoms with Crippen molar-refractivity contribution in [1.82, 2.24) is 9.55 Å². The summed E-state index contributed by atoms with van der Waals surface area (Å²) >= 11 is 1.69. The molecule has 1 aliphatic rings. The maximum absolute atomic E-state index is 5.04. The Kier molecular flexibility index (Phi) is 10.0. The molecule has 0 amide bonds. The summed E-state index contributed by atoms with van der Waals surface area (Å²) in [5.41, 5.74) is 12.7. The average Bonchev–Trinajstić information content (AvgIpc) is 3.81. The number of aromatic nitrogens is 2. The molecule has 2 aromatic heterocycles. The van der Waals surface area contributed by atoms with E-state index in [0.29, 0.717) is 6.04 Å². The van der Waals surface area contributed by atoms with Crippen molar-refractivity contribution in [2.45, 2.75) is 29.7 Å². The fourth-order valence-corrected chi connectivity index (χ4v) is 8.93. The molecule has 0 atom stereocenters. The van der Waals surface area contributed by atoms with Crippen LogP contribution in [-0.4, -0.2) is 22.3 Å². The molecule has 10 rings (SSSR count). The Hall–Kier alpha value is -5.87. The van der Waals surface area contributed by atoms with Gasteiger partial charge < -0.3 is 14.4 Å². The molecule has 0 spiro atoms. The minimum absolute atomic E-state index is 0. The van der Waals surface area contributed by atoms with Crippen LogP contribution in [0.15, 0.2) is 186 Å². The van der Waals surface area contributed by atoms with Gasteiger partial charge in [-0.05, 0) is 82.9 Å². The fourth-order valence-electron chi connectivity index (χ4n) is 8.11. The van der Waals surface area contributed by atoms with Gasteiger partial charge in [-0.2, -0.15) is 24.3 Å². The first-order chi connectivity index (χ1) is 27.6. The number of hydrogen-bond donors (Lipinski definition) is 0. The Morgan fingerprint density at radius 3 is 1.96 bits per heavy atom. The third kappa shape index (κ3) is 6.75. The molecule has 3 heterocycles. The third-order valence-electron chi connectivity index (χ3n) is 10.7. The molecule has 0 saturated heterocycles. The molecular formula is C51H38N4PtS. The number of anilines is 3. The van der Waals surface area contributed by atoms with Gasteiger partial charge in [0, 0.05) is 17.8 Å². The number of rotatable bonds is 8. The predicted octanol–water partition coefficient (Wildman–Crippen LogP) is 13.3. The monoisotopic (exact) mass is 933 g/mol. The second-order valence-electron chi connectivity index (χ2n) is 14.4. The van der Waals surface area contributed by atoms with Crippen LogP contribution in [0.1, 0.15) is 13.8 Å². The summed E-state index contributed by atoms with van der Waals surface area (Å²) in [6.07, 6.45) is 1.94. The van der Waals surface area contributed by atoms with Crippen molar-refractivity contribution in [3.63, 3.8) is 0 Å². The SMILES string of the molecule is CC(C)N1CN(c2[c-]c(Sc3[c-]c4c(cc3)c3ccccc3n4-c3cc(-c4c(-c5ccccc5)cccc4-c4ccccc4)ccn3)ccc2)c2ccccc21.[Pt+2]. The van der Waals surface area contributed by atoms with Gasteiger partial charge in [-0.15, -0.1) is 45.1 Å². The zero-order valence-corrected chi connectivity index (χ0v) is 34.6. The predicted molar refractivity (Wildman–Crippen MR) is 234 cm³/mol. The molecule has 0 fully saturated rings. The quantitative estimate of drug-likeness (QED) is 0.142. The van der Waals surface area contributed by atoms with Crippen molar-refractivity contribution < 1.29 is 21.1 Å². The van der Waals surface area contributed by atoms with E-state index in [4.69, 9.17) is 4.98 Å². The van der Waals surface area contributed by atoms with Crippen LogP contribution in [0, 0.1) is 12.1 Å². The molecular weight excluding hydrogens is 896 g/mol. The van der Waals surface area contributed by atoms with Crippen molar-refractivity contribution >= 4 is 50.6 Å². The molecule has 6 heteroatoms. The van der Waals surface area contributed by atoms with Crippen molar-refractivity contribution in [2.75, 3.05) is 16.5 Å². The maximum atomic E-state index is 5.04. The Morgan fingerprint density at radius 1 is 0.579 bits per heavy atom. The number of benzene rings is 7. The van der Waals surface area contributed by atoms with Crippen molar-refractivity contribution in [2.24, 2.45) is 0 Å².